The van der Waals surface area contributed by atoms with Crippen LogP contribution in [0.5, 0.6) is 0 Å². The number of likely N-dealkylation sites (tertiary alicyclic amines) is 1. The third-order valence-corrected chi connectivity index (χ3v) is 6.75. The quantitative estimate of drug-likeness (QED) is 0.500. The molecule has 0 bridgehead atoms. The number of nitrogens with zero attached hydrogens (tertiary/aromatic N) is 2. The van der Waals surface area contributed by atoms with Crippen LogP contribution in [-0.2, 0) is 0 Å². The maximum atomic E-state index is 8.20. The first-order chi connectivity index (χ1) is 12.3. The Morgan fingerprint density at radius 2 is 1.89 bits per heavy atom. The van der Waals surface area contributed by atoms with E-state index in [1.165, 1.54) is 43.1 Å². The van der Waals surface area contributed by atoms with Gasteiger partial charge in [0.1, 0.15) is 5.84 Å². The zero-order valence-electron chi connectivity index (χ0n) is 15.1. The summed E-state index contributed by atoms with van der Waals surface area (Å²) in [4.78, 5) is 7.41. The summed E-state index contributed by atoms with van der Waals surface area (Å²) in [6, 6.07) is 10.5. The van der Waals surface area contributed by atoms with Gasteiger partial charge < -0.3 is 15.1 Å². The molecule has 0 radical (unpaired) electrons. The van der Waals surface area contributed by atoms with Crippen molar-refractivity contribution in [1.29, 1.82) is 5.41 Å². The topological polar surface area (TPSA) is 42.4 Å². The van der Waals surface area contributed by atoms with Crippen molar-refractivity contribution in [3.8, 4) is 0 Å². The molecule has 2 aromatic rings. The molecule has 0 spiro atoms. The molecule has 3 heterocycles. The molecule has 8 heteroatoms. The number of thiophene rings is 1. The third kappa shape index (κ3) is 5.55. The predicted molar refractivity (Wildman–Crippen MR) is 124 cm³/mol. The molecule has 27 heavy (non-hydrogen) atoms. The number of benzene rings is 1. The fraction of sp³-hybridized carbons (Fsp3) is 0.421. The Balaban J connectivity index is 0.00000131. The molecule has 4 nitrogen and oxygen atoms in total. The van der Waals surface area contributed by atoms with Crippen LogP contribution >= 0.6 is 47.9 Å². The van der Waals surface area contributed by atoms with Crippen molar-refractivity contribution in [3.63, 3.8) is 0 Å². The van der Waals surface area contributed by atoms with Gasteiger partial charge in [0.15, 0.2) is 0 Å². The molecule has 1 saturated heterocycles. The Morgan fingerprint density at radius 3 is 2.63 bits per heavy atom. The highest BCUT2D eigenvalue weighted by Gasteiger charge is 2.19. The number of halogens is 2. The van der Waals surface area contributed by atoms with E-state index in [1.54, 1.807) is 11.3 Å². The first-order valence-electron chi connectivity index (χ1n) is 8.93. The van der Waals surface area contributed by atoms with E-state index >= 15 is 0 Å². The highest BCUT2D eigenvalue weighted by Crippen LogP contribution is 2.36. The standard InChI is InChI=1S/C19H24N4S2.2ClH/c20-19(17-4-3-12-24-17)21-15-5-6-16-18(14-15)25-13-11-23(16)10-9-22-7-1-2-8-22;;/h3-6,12,14H,1-2,7-11,13H2,(H2,20,21);2*1H. The number of hydrogen-bond acceptors (Lipinski definition) is 5. The lowest BCUT2D eigenvalue weighted by Gasteiger charge is -2.32. The van der Waals surface area contributed by atoms with E-state index in [-0.39, 0.29) is 24.8 Å². The van der Waals surface area contributed by atoms with E-state index < -0.39 is 0 Å². The highest BCUT2D eigenvalue weighted by atomic mass is 35.5. The van der Waals surface area contributed by atoms with Gasteiger partial charge in [-0.25, -0.2) is 0 Å². The van der Waals surface area contributed by atoms with Crippen LogP contribution in [0.15, 0.2) is 40.6 Å². The van der Waals surface area contributed by atoms with Gasteiger partial charge in [0.2, 0.25) is 0 Å². The summed E-state index contributed by atoms with van der Waals surface area (Å²) in [5.74, 6) is 1.61. The van der Waals surface area contributed by atoms with E-state index in [9.17, 15) is 0 Å². The van der Waals surface area contributed by atoms with E-state index in [4.69, 9.17) is 5.41 Å². The minimum Gasteiger partial charge on any atom is -0.369 e. The normalized spacial score (nSPS) is 16.2. The number of hydrogen-bond donors (Lipinski definition) is 2. The van der Waals surface area contributed by atoms with Crippen molar-refractivity contribution in [2.24, 2.45) is 0 Å². The van der Waals surface area contributed by atoms with E-state index in [0.29, 0.717) is 5.84 Å². The molecule has 2 aliphatic rings. The van der Waals surface area contributed by atoms with Gasteiger partial charge in [-0.3, -0.25) is 5.41 Å². The third-order valence-electron chi connectivity index (χ3n) is 4.84. The van der Waals surface area contributed by atoms with Crippen LogP contribution in [0, 0.1) is 5.41 Å². The Hall–Kier alpha value is -0.920. The van der Waals surface area contributed by atoms with Gasteiger partial charge in [-0.1, -0.05) is 6.07 Å². The van der Waals surface area contributed by atoms with Crippen molar-refractivity contribution < 1.29 is 0 Å². The summed E-state index contributed by atoms with van der Waals surface area (Å²) in [6.45, 7) is 5.95. The van der Waals surface area contributed by atoms with Gasteiger partial charge in [0.25, 0.3) is 0 Å². The molecule has 4 rings (SSSR count). The lowest BCUT2D eigenvalue weighted by molar-refractivity contribution is 0.345. The number of amidine groups is 1. The summed E-state index contributed by atoms with van der Waals surface area (Å²) in [7, 11) is 0. The lowest BCUT2D eigenvalue weighted by atomic mass is 10.2. The minimum absolute atomic E-state index is 0. The number of fused-ring (bicyclic) bond motifs is 1. The van der Waals surface area contributed by atoms with Gasteiger partial charge >= 0.3 is 0 Å². The number of thioether (sulfide) groups is 1. The first-order valence-corrected chi connectivity index (χ1v) is 10.8. The smallest absolute Gasteiger partial charge is 0.140 e. The highest BCUT2D eigenvalue weighted by molar-refractivity contribution is 7.99. The molecule has 0 aliphatic carbocycles. The Bertz CT molecular complexity index is 733. The first kappa shape index (κ1) is 22.4. The van der Waals surface area contributed by atoms with Crippen LogP contribution in [0.25, 0.3) is 0 Å². The molecule has 0 atom stereocenters. The Kier molecular flexibility index (Phi) is 8.76. The van der Waals surface area contributed by atoms with Crippen LogP contribution in [-0.4, -0.2) is 49.2 Å². The molecule has 2 aliphatic heterocycles. The number of anilines is 2. The SMILES string of the molecule is Cl.Cl.N=C(Nc1ccc2c(c1)SCCN2CCN1CCCC1)c1cccs1. The lowest BCUT2D eigenvalue weighted by Crippen LogP contribution is -2.36. The summed E-state index contributed by atoms with van der Waals surface area (Å²) in [5, 5.41) is 13.4. The maximum Gasteiger partial charge on any atom is 0.140 e. The van der Waals surface area contributed by atoms with Crippen molar-refractivity contribution in [2.75, 3.05) is 48.7 Å². The van der Waals surface area contributed by atoms with Crippen molar-refractivity contribution in [1.82, 2.24) is 4.90 Å². The molecule has 2 N–H and O–H groups in total. The molecule has 0 amide bonds. The van der Waals surface area contributed by atoms with Crippen molar-refractivity contribution in [2.45, 2.75) is 17.7 Å². The molecule has 1 fully saturated rings. The molecule has 0 unspecified atom stereocenters. The van der Waals surface area contributed by atoms with E-state index in [1.807, 2.05) is 29.3 Å². The molecular weight excluding hydrogens is 419 g/mol. The average molecular weight is 445 g/mol. The molecule has 0 saturated carbocycles. The predicted octanol–water partition coefficient (Wildman–Crippen LogP) is 5.04. The van der Waals surface area contributed by atoms with Crippen LogP contribution in [0.1, 0.15) is 17.7 Å². The number of rotatable bonds is 5. The van der Waals surface area contributed by atoms with Crippen LogP contribution in [0.3, 0.4) is 0 Å². The molecular formula is C19H26Cl2N4S2. The van der Waals surface area contributed by atoms with Gasteiger partial charge in [0, 0.05) is 36.0 Å². The van der Waals surface area contributed by atoms with Crippen LogP contribution < -0.4 is 10.2 Å². The van der Waals surface area contributed by atoms with Crippen LogP contribution in [0.4, 0.5) is 11.4 Å². The zero-order valence-corrected chi connectivity index (χ0v) is 18.4. The molecule has 1 aromatic carbocycles. The zero-order chi connectivity index (χ0) is 17.1. The van der Waals surface area contributed by atoms with Gasteiger partial charge in [-0.05, 0) is 55.6 Å². The van der Waals surface area contributed by atoms with E-state index in [2.05, 4.69) is 33.3 Å². The van der Waals surface area contributed by atoms with Gasteiger partial charge in [-0.15, -0.1) is 47.9 Å². The monoisotopic (exact) mass is 444 g/mol. The summed E-state index contributed by atoms with van der Waals surface area (Å²) >= 11 is 3.52. The van der Waals surface area contributed by atoms with Gasteiger partial charge in [0.05, 0.1) is 10.6 Å². The largest absolute Gasteiger partial charge is 0.369 e. The fourth-order valence-corrected chi connectivity index (χ4v) is 5.20. The second kappa shape index (κ2) is 10.6. The summed E-state index contributed by atoms with van der Waals surface area (Å²) in [5.41, 5.74) is 2.36. The summed E-state index contributed by atoms with van der Waals surface area (Å²) < 4.78 is 0. The fourth-order valence-electron chi connectivity index (χ4n) is 3.48. The van der Waals surface area contributed by atoms with Gasteiger partial charge in [-0.2, -0.15) is 0 Å². The van der Waals surface area contributed by atoms with Crippen molar-refractivity contribution in [3.05, 3.63) is 40.6 Å². The minimum atomic E-state index is 0. The average Bonchev–Trinajstić information content (AvgIpc) is 3.33. The summed E-state index contributed by atoms with van der Waals surface area (Å²) in [6.07, 6.45) is 2.72. The second-order valence-electron chi connectivity index (χ2n) is 6.54. The van der Waals surface area contributed by atoms with Crippen LogP contribution in [0.2, 0.25) is 0 Å². The Morgan fingerprint density at radius 1 is 1.07 bits per heavy atom. The molecule has 148 valence electrons. The second-order valence-corrected chi connectivity index (χ2v) is 8.63. The number of nitrogens with one attached hydrogen (secondary N) is 2. The van der Waals surface area contributed by atoms with Crippen molar-refractivity contribution >= 4 is 65.1 Å². The maximum absolute atomic E-state index is 8.20. The van der Waals surface area contributed by atoms with E-state index in [0.717, 1.165) is 29.4 Å². The molecule has 1 aromatic heterocycles. The Labute approximate surface area is 182 Å².